The average molecular weight is 301 g/mol. The van der Waals surface area contributed by atoms with Crippen LogP contribution in [0.3, 0.4) is 0 Å². The maximum atomic E-state index is 12.3. The monoisotopic (exact) mass is 301 g/mol. The number of nitrogens with one attached hydrogen (secondary N) is 1. The standard InChI is InChI=1S/C18H24N2O2/c21-18(17-9-5-15-22-17)20-13-11-19(12-14-20)10-4-8-16-6-2-1-3-7-16/h1-4,6-8,17H,5,9-15H2/p+1. The van der Waals surface area contributed by atoms with Crippen molar-refractivity contribution in [3.8, 4) is 0 Å². The zero-order valence-electron chi connectivity index (χ0n) is 13.0. The molecule has 1 aromatic rings. The molecule has 0 aromatic heterocycles. The smallest absolute Gasteiger partial charge is 0.252 e. The van der Waals surface area contributed by atoms with Gasteiger partial charge in [-0.3, -0.25) is 4.79 Å². The molecule has 2 aliphatic heterocycles. The number of benzene rings is 1. The summed E-state index contributed by atoms with van der Waals surface area (Å²) >= 11 is 0. The van der Waals surface area contributed by atoms with Gasteiger partial charge in [0.1, 0.15) is 6.10 Å². The highest BCUT2D eigenvalue weighted by atomic mass is 16.5. The van der Waals surface area contributed by atoms with Crippen molar-refractivity contribution in [1.29, 1.82) is 0 Å². The first kappa shape index (κ1) is 15.3. The van der Waals surface area contributed by atoms with Crippen LogP contribution >= 0.6 is 0 Å². The van der Waals surface area contributed by atoms with E-state index >= 15 is 0 Å². The number of hydrogen-bond acceptors (Lipinski definition) is 2. The molecule has 1 atom stereocenters. The summed E-state index contributed by atoms with van der Waals surface area (Å²) in [6.45, 7) is 5.53. The molecule has 22 heavy (non-hydrogen) atoms. The lowest BCUT2D eigenvalue weighted by Crippen LogP contribution is -3.14. The lowest BCUT2D eigenvalue weighted by Gasteiger charge is -2.32. The molecule has 2 heterocycles. The number of hydrogen-bond donors (Lipinski definition) is 1. The van der Waals surface area contributed by atoms with Gasteiger partial charge in [-0.2, -0.15) is 0 Å². The first-order chi connectivity index (χ1) is 10.8. The van der Waals surface area contributed by atoms with Crippen molar-refractivity contribution >= 4 is 12.0 Å². The van der Waals surface area contributed by atoms with Crippen LogP contribution < -0.4 is 4.90 Å². The molecule has 1 amide bonds. The molecular formula is C18H25N2O2+. The Morgan fingerprint density at radius 1 is 1.27 bits per heavy atom. The molecule has 118 valence electrons. The number of ether oxygens (including phenoxy) is 1. The summed E-state index contributed by atoms with van der Waals surface area (Å²) in [4.78, 5) is 15.8. The van der Waals surface area contributed by atoms with Gasteiger partial charge in [0.15, 0.2) is 0 Å². The molecule has 0 bridgehead atoms. The van der Waals surface area contributed by atoms with Crippen LogP contribution in [0, 0.1) is 0 Å². The predicted molar refractivity (Wildman–Crippen MR) is 86.6 cm³/mol. The Kier molecular flexibility index (Phi) is 5.24. The summed E-state index contributed by atoms with van der Waals surface area (Å²) in [5.74, 6) is 0.205. The first-order valence-corrected chi connectivity index (χ1v) is 8.28. The topological polar surface area (TPSA) is 34.0 Å². The van der Waals surface area contributed by atoms with Crippen LogP contribution in [0.4, 0.5) is 0 Å². The van der Waals surface area contributed by atoms with Crippen LogP contribution in [0.25, 0.3) is 6.08 Å². The molecule has 0 aliphatic carbocycles. The minimum absolute atomic E-state index is 0.167. The molecule has 0 saturated carbocycles. The van der Waals surface area contributed by atoms with E-state index in [4.69, 9.17) is 4.74 Å². The minimum atomic E-state index is -0.167. The van der Waals surface area contributed by atoms with E-state index in [1.54, 1.807) is 4.90 Å². The zero-order chi connectivity index (χ0) is 15.2. The van der Waals surface area contributed by atoms with Crippen LogP contribution in [-0.4, -0.2) is 56.2 Å². The van der Waals surface area contributed by atoms with Gasteiger partial charge in [0, 0.05) is 6.61 Å². The maximum absolute atomic E-state index is 12.3. The van der Waals surface area contributed by atoms with Crippen LogP contribution in [-0.2, 0) is 9.53 Å². The van der Waals surface area contributed by atoms with Gasteiger partial charge in [-0.15, -0.1) is 0 Å². The van der Waals surface area contributed by atoms with Gasteiger partial charge < -0.3 is 14.5 Å². The molecule has 0 radical (unpaired) electrons. The van der Waals surface area contributed by atoms with E-state index < -0.39 is 0 Å². The molecule has 1 unspecified atom stereocenters. The summed E-state index contributed by atoms with van der Waals surface area (Å²) in [5.41, 5.74) is 1.24. The molecule has 3 rings (SSSR count). The molecular weight excluding hydrogens is 276 g/mol. The fraction of sp³-hybridized carbons (Fsp3) is 0.500. The van der Waals surface area contributed by atoms with Crippen molar-refractivity contribution in [2.75, 3.05) is 39.3 Å². The number of rotatable bonds is 4. The van der Waals surface area contributed by atoms with E-state index in [-0.39, 0.29) is 12.0 Å². The van der Waals surface area contributed by atoms with Crippen LogP contribution in [0.15, 0.2) is 36.4 Å². The number of amides is 1. The van der Waals surface area contributed by atoms with Crippen LogP contribution in [0.1, 0.15) is 18.4 Å². The molecule has 2 fully saturated rings. The predicted octanol–water partition coefficient (Wildman–Crippen LogP) is 0.606. The number of piperazine rings is 1. The highest BCUT2D eigenvalue weighted by Gasteiger charge is 2.31. The van der Waals surface area contributed by atoms with Crippen molar-refractivity contribution < 1.29 is 14.4 Å². The Hall–Kier alpha value is -1.65. The van der Waals surface area contributed by atoms with Gasteiger partial charge in [-0.25, -0.2) is 0 Å². The number of quaternary nitrogens is 1. The van der Waals surface area contributed by atoms with Crippen LogP contribution in [0.2, 0.25) is 0 Å². The summed E-state index contributed by atoms with van der Waals surface area (Å²) in [6.07, 6.45) is 6.16. The second-order valence-electron chi connectivity index (χ2n) is 6.09. The second-order valence-corrected chi connectivity index (χ2v) is 6.09. The molecule has 1 aromatic carbocycles. The number of nitrogens with zero attached hydrogens (tertiary/aromatic N) is 1. The van der Waals surface area contributed by atoms with Crippen molar-refractivity contribution in [1.82, 2.24) is 4.90 Å². The van der Waals surface area contributed by atoms with E-state index in [0.29, 0.717) is 0 Å². The average Bonchev–Trinajstić information content (AvgIpc) is 3.10. The lowest BCUT2D eigenvalue weighted by molar-refractivity contribution is -0.898. The third kappa shape index (κ3) is 3.96. The maximum Gasteiger partial charge on any atom is 0.252 e. The van der Waals surface area contributed by atoms with E-state index in [1.165, 1.54) is 5.56 Å². The summed E-state index contributed by atoms with van der Waals surface area (Å²) in [5, 5.41) is 0. The van der Waals surface area contributed by atoms with Crippen LogP contribution in [0.5, 0.6) is 0 Å². The largest absolute Gasteiger partial charge is 0.368 e. The molecule has 2 saturated heterocycles. The van der Waals surface area contributed by atoms with Crippen molar-refractivity contribution in [3.63, 3.8) is 0 Å². The fourth-order valence-corrected chi connectivity index (χ4v) is 3.15. The van der Waals surface area contributed by atoms with Gasteiger partial charge in [0.05, 0.1) is 32.7 Å². The molecule has 4 nitrogen and oxygen atoms in total. The Balaban J connectivity index is 1.42. The molecule has 0 spiro atoms. The Labute approximate surface area is 132 Å². The van der Waals surface area contributed by atoms with E-state index in [2.05, 4.69) is 36.4 Å². The highest BCUT2D eigenvalue weighted by molar-refractivity contribution is 5.81. The first-order valence-electron chi connectivity index (χ1n) is 8.28. The van der Waals surface area contributed by atoms with Crippen molar-refractivity contribution in [3.05, 3.63) is 42.0 Å². The second kappa shape index (κ2) is 7.56. The number of carbonyl (C=O) groups excluding carboxylic acids is 1. The summed E-state index contributed by atoms with van der Waals surface area (Å²) in [7, 11) is 0. The quantitative estimate of drug-likeness (QED) is 0.884. The van der Waals surface area contributed by atoms with Gasteiger partial charge in [-0.05, 0) is 24.5 Å². The minimum Gasteiger partial charge on any atom is -0.368 e. The third-order valence-corrected chi connectivity index (χ3v) is 4.50. The van der Waals surface area contributed by atoms with Crippen molar-refractivity contribution in [2.45, 2.75) is 18.9 Å². The molecule has 1 N–H and O–H groups in total. The molecule has 2 aliphatic rings. The number of carbonyl (C=O) groups is 1. The van der Waals surface area contributed by atoms with Gasteiger partial charge >= 0.3 is 0 Å². The Morgan fingerprint density at radius 3 is 2.73 bits per heavy atom. The van der Waals surface area contributed by atoms with Crippen molar-refractivity contribution in [2.24, 2.45) is 0 Å². The van der Waals surface area contributed by atoms with Gasteiger partial charge in [0.25, 0.3) is 5.91 Å². The highest BCUT2D eigenvalue weighted by Crippen LogP contribution is 2.14. The lowest BCUT2D eigenvalue weighted by atomic mass is 10.2. The zero-order valence-corrected chi connectivity index (χ0v) is 13.0. The SMILES string of the molecule is O=C(C1CCCO1)N1CC[NH+](CC=Cc2ccccc2)CC1. The summed E-state index contributed by atoms with van der Waals surface area (Å²) in [6, 6.07) is 10.4. The summed E-state index contributed by atoms with van der Waals surface area (Å²) < 4.78 is 5.50. The molecule has 4 heteroatoms. The van der Waals surface area contributed by atoms with Gasteiger partial charge in [-0.1, -0.05) is 36.4 Å². The fourth-order valence-electron chi connectivity index (χ4n) is 3.15. The Bertz CT molecular complexity index is 501. The van der Waals surface area contributed by atoms with E-state index in [0.717, 1.165) is 52.2 Å². The van der Waals surface area contributed by atoms with E-state index in [9.17, 15) is 4.79 Å². The third-order valence-electron chi connectivity index (χ3n) is 4.50. The Morgan fingerprint density at radius 2 is 2.05 bits per heavy atom. The van der Waals surface area contributed by atoms with Gasteiger partial charge in [0.2, 0.25) is 0 Å². The normalized spacial score (nSPS) is 23.3. The van der Waals surface area contributed by atoms with E-state index in [1.807, 2.05) is 11.0 Å².